The van der Waals surface area contributed by atoms with Crippen LogP contribution in [0.1, 0.15) is 16.1 Å². The molecule has 0 aliphatic rings. The maximum Gasteiger partial charge on any atom is 0.274 e. The number of pyridine rings is 1. The molecule has 0 radical (unpaired) electrons. The molecule has 0 saturated carbocycles. The van der Waals surface area contributed by atoms with Crippen molar-refractivity contribution in [3.63, 3.8) is 0 Å². The number of aliphatic hydroxyl groups is 1. The lowest BCUT2D eigenvalue weighted by atomic mass is 10.1. The number of rotatable bonds is 5. The molecule has 20 heavy (non-hydrogen) atoms. The van der Waals surface area contributed by atoms with E-state index in [0.717, 1.165) is 5.56 Å². The van der Waals surface area contributed by atoms with E-state index in [-0.39, 0.29) is 18.1 Å². The number of benzene rings is 1. The first-order valence-corrected chi connectivity index (χ1v) is 6.30. The van der Waals surface area contributed by atoms with E-state index >= 15 is 0 Å². The molecule has 1 atom stereocenters. The predicted octanol–water partition coefficient (Wildman–Crippen LogP) is 1.12. The minimum absolute atomic E-state index is 0.0426. The van der Waals surface area contributed by atoms with Crippen LogP contribution in [0.2, 0.25) is 0 Å². The van der Waals surface area contributed by atoms with Crippen LogP contribution in [0, 0.1) is 0 Å². The third-order valence-electron chi connectivity index (χ3n) is 2.88. The standard InChI is InChI=1S/C15H16N2O3/c18-10-12(9-11-5-2-1-3-6-11)17-15(20)14-13(19)7-4-8-16-14/h1-8,12,18-19H,9-10H2,(H,17,20)/t12-/m0/s1. The number of hydrogen-bond acceptors (Lipinski definition) is 4. The highest BCUT2D eigenvalue weighted by atomic mass is 16.3. The number of aliphatic hydroxyl groups excluding tert-OH is 1. The van der Waals surface area contributed by atoms with Gasteiger partial charge in [-0.1, -0.05) is 30.3 Å². The molecule has 1 aromatic heterocycles. The van der Waals surface area contributed by atoms with Gasteiger partial charge in [0.2, 0.25) is 0 Å². The topological polar surface area (TPSA) is 82.5 Å². The second-order valence-corrected chi connectivity index (χ2v) is 4.41. The van der Waals surface area contributed by atoms with Crippen molar-refractivity contribution in [2.75, 3.05) is 6.61 Å². The van der Waals surface area contributed by atoms with E-state index in [4.69, 9.17) is 0 Å². The van der Waals surface area contributed by atoms with Gasteiger partial charge < -0.3 is 15.5 Å². The molecule has 1 aromatic carbocycles. The van der Waals surface area contributed by atoms with E-state index < -0.39 is 11.9 Å². The van der Waals surface area contributed by atoms with E-state index in [1.807, 2.05) is 30.3 Å². The van der Waals surface area contributed by atoms with Gasteiger partial charge in [0.1, 0.15) is 5.75 Å². The molecule has 3 N–H and O–H groups in total. The van der Waals surface area contributed by atoms with Crippen molar-refractivity contribution in [3.8, 4) is 5.75 Å². The fourth-order valence-corrected chi connectivity index (χ4v) is 1.89. The molecule has 0 aliphatic carbocycles. The van der Waals surface area contributed by atoms with Crippen LogP contribution in [0.5, 0.6) is 5.75 Å². The number of carbonyl (C=O) groups is 1. The lowest BCUT2D eigenvalue weighted by Crippen LogP contribution is -2.39. The van der Waals surface area contributed by atoms with Crippen molar-refractivity contribution in [1.82, 2.24) is 10.3 Å². The number of aromatic nitrogens is 1. The van der Waals surface area contributed by atoms with Gasteiger partial charge in [-0.3, -0.25) is 4.79 Å². The molecule has 2 aromatic rings. The summed E-state index contributed by atoms with van der Waals surface area (Å²) in [6, 6.07) is 12.1. The molecule has 0 unspecified atom stereocenters. The lowest BCUT2D eigenvalue weighted by Gasteiger charge is -2.16. The summed E-state index contributed by atoms with van der Waals surface area (Å²) < 4.78 is 0. The van der Waals surface area contributed by atoms with Gasteiger partial charge in [0.25, 0.3) is 5.91 Å². The number of amides is 1. The van der Waals surface area contributed by atoms with Crippen molar-refractivity contribution in [3.05, 3.63) is 59.9 Å². The summed E-state index contributed by atoms with van der Waals surface area (Å²) in [4.78, 5) is 15.8. The summed E-state index contributed by atoms with van der Waals surface area (Å²) in [6.07, 6.45) is 1.94. The van der Waals surface area contributed by atoms with E-state index in [1.54, 1.807) is 6.07 Å². The van der Waals surface area contributed by atoms with Gasteiger partial charge >= 0.3 is 0 Å². The summed E-state index contributed by atoms with van der Waals surface area (Å²) in [5.41, 5.74) is 0.969. The van der Waals surface area contributed by atoms with Crippen LogP contribution in [-0.4, -0.2) is 33.8 Å². The number of carbonyl (C=O) groups excluding carboxylic acids is 1. The van der Waals surface area contributed by atoms with Gasteiger partial charge in [-0.25, -0.2) is 4.98 Å². The van der Waals surface area contributed by atoms with E-state index in [2.05, 4.69) is 10.3 Å². The third-order valence-corrected chi connectivity index (χ3v) is 2.88. The first-order chi connectivity index (χ1) is 9.70. The third kappa shape index (κ3) is 3.55. The van der Waals surface area contributed by atoms with Crippen LogP contribution in [-0.2, 0) is 6.42 Å². The molecule has 5 heteroatoms. The smallest absolute Gasteiger partial charge is 0.274 e. The minimum Gasteiger partial charge on any atom is -0.505 e. The van der Waals surface area contributed by atoms with Crippen molar-refractivity contribution in [2.24, 2.45) is 0 Å². The van der Waals surface area contributed by atoms with Crippen LogP contribution >= 0.6 is 0 Å². The first kappa shape index (κ1) is 14.0. The average Bonchev–Trinajstić information content (AvgIpc) is 2.48. The summed E-state index contributed by atoms with van der Waals surface area (Å²) in [5, 5.41) is 21.6. The Morgan fingerprint density at radius 3 is 2.60 bits per heavy atom. The quantitative estimate of drug-likeness (QED) is 0.761. The summed E-state index contributed by atoms with van der Waals surface area (Å²) in [6.45, 7) is -0.186. The summed E-state index contributed by atoms with van der Waals surface area (Å²) in [7, 11) is 0. The SMILES string of the molecule is O=C(N[C@H](CO)Cc1ccccc1)c1ncccc1O. The molecule has 0 fully saturated rings. The Hall–Kier alpha value is -2.40. The molecule has 1 amide bonds. The Morgan fingerprint density at radius 2 is 1.95 bits per heavy atom. The number of hydrogen-bond donors (Lipinski definition) is 3. The van der Waals surface area contributed by atoms with Gasteiger partial charge in [0, 0.05) is 6.20 Å². The largest absolute Gasteiger partial charge is 0.505 e. The maximum absolute atomic E-state index is 12.0. The Bertz CT molecular complexity index is 572. The molecule has 104 valence electrons. The van der Waals surface area contributed by atoms with Crippen molar-refractivity contribution < 1.29 is 15.0 Å². The van der Waals surface area contributed by atoms with E-state index in [9.17, 15) is 15.0 Å². The molecule has 1 heterocycles. The van der Waals surface area contributed by atoms with Crippen molar-refractivity contribution in [1.29, 1.82) is 0 Å². The Balaban J connectivity index is 2.03. The highest BCUT2D eigenvalue weighted by Gasteiger charge is 2.17. The minimum atomic E-state index is -0.502. The molecule has 0 spiro atoms. The predicted molar refractivity (Wildman–Crippen MR) is 74.4 cm³/mol. The molecule has 0 saturated heterocycles. The number of nitrogens with zero attached hydrogens (tertiary/aromatic N) is 1. The number of nitrogens with one attached hydrogen (secondary N) is 1. The molecule has 0 aliphatic heterocycles. The maximum atomic E-state index is 12.0. The van der Waals surface area contributed by atoms with Crippen LogP contribution < -0.4 is 5.32 Å². The first-order valence-electron chi connectivity index (χ1n) is 6.30. The van der Waals surface area contributed by atoms with Gasteiger partial charge in [0.15, 0.2) is 5.69 Å². The van der Waals surface area contributed by atoms with E-state index in [0.29, 0.717) is 6.42 Å². The van der Waals surface area contributed by atoms with Gasteiger partial charge in [-0.05, 0) is 24.1 Å². The fourth-order valence-electron chi connectivity index (χ4n) is 1.89. The lowest BCUT2D eigenvalue weighted by molar-refractivity contribution is 0.0908. The highest BCUT2D eigenvalue weighted by Crippen LogP contribution is 2.12. The Labute approximate surface area is 116 Å². The molecule has 0 bridgehead atoms. The van der Waals surface area contributed by atoms with Gasteiger partial charge in [-0.2, -0.15) is 0 Å². The summed E-state index contributed by atoms with van der Waals surface area (Å²) >= 11 is 0. The normalized spacial score (nSPS) is 11.8. The second-order valence-electron chi connectivity index (χ2n) is 4.41. The van der Waals surface area contributed by atoms with Crippen LogP contribution in [0.4, 0.5) is 0 Å². The number of aromatic hydroxyl groups is 1. The van der Waals surface area contributed by atoms with Gasteiger partial charge in [0.05, 0.1) is 12.6 Å². The van der Waals surface area contributed by atoms with Crippen molar-refractivity contribution >= 4 is 5.91 Å². The Kier molecular flexibility index (Phi) is 4.68. The highest BCUT2D eigenvalue weighted by molar-refractivity contribution is 5.94. The van der Waals surface area contributed by atoms with Gasteiger partial charge in [-0.15, -0.1) is 0 Å². The summed E-state index contributed by atoms with van der Waals surface area (Å²) in [5.74, 6) is -0.681. The second kappa shape index (κ2) is 6.68. The van der Waals surface area contributed by atoms with Crippen LogP contribution in [0.25, 0.3) is 0 Å². The molecule has 2 rings (SSSR count). The van der Waals surface area contributed by atoms with Crippen molar-refractivity contribution in [2.45, 2.75) is 12.5 Å². The molecular formula is C15H16N2O3. The monoisotopic (exact) mass is 272 g/mol. The molecular weight excluding hydrogens is 256 g/mol. The van der Waals surface area contributed by atoms with Crippen LogP contribution in [0.15, 0.2) is 48.7 Å². The van der Waals surface area contributed by atoms with Crippen LogP contribution in [0.3, 0.4) is 0 Å². The Morgan fingerprint density at radius 1 is 1.20 bits per heavy atom. The zero-order chi connectivity index (χ0) is 14.4. The fraction of sp³-hybridized carbons (Fsp3) is 0.200. The average molecular weight is 272 g/mol. The molecule has 5 nitrogen and oxygen atoms in total. The zero-order valence-electron chi connectivity index (χ0n) is 10.9. The zero-order valence-corrected chi connectivity index (χ0v) is 10.9. The van der Waals surface area contributed by atoms with E-state index in [1.165, 1.54) is 12.3 Å².